The van der Waals surface area contributed by atoms with Crippen LogP contribution in [0, 0.1) is 11.6 Å². The molecule has 10 heteroatoms. The van der Waals surface area contributed by atoms with Crippen LogP contribution in [0.25, 0.3) is 0 Å². The van der Waals surface area contributed by atoms with Crippen molar-refractivity contribution in [2.45, 2.75) is 70.5 Å². The van der Waals surface area contributed by atoms with Gasteiger partial charge in [-0.3, -0.25) is 13.9 Å². The Morgan fingerprint density at radius 2 is 1.62 bits per heavy atom. The molecule has 2 aromatic rings. The molecule has 0 heterocycles. The van der Waals surface area contributed by atoms with Crippen molar-refractivity contribution in [3.05, 3.63) is 65.7 Å². The highest BCUT2D eigenvalue weighted by molar-refractivity contribution is 7.92. The van der Waals surface area contributed by atoms with E-state index in [4.69, 9.17) is 0 Å². The standard InChI is InChI=1S/C27H35F2N3O4S/c1-20(27(34)30-22-12-4-3-5-13-22)31(19-21-11-6-7-14-23(21)28)26(33)17-10-18-32(37(2,35)36)25-16-9-8-15-24(25)29/h6-9,11,14-16,20,22H,3-5,10,12-13,17-19H2,1-2H3,(H,30,34)/t20-/m1/s1. The highest BCUT2D eigenvalue weighted by Crippen LogP contribution is 2.23. The predicted octanol–water partition coefficient (Wildman–Crippen LogP) is 4.38. The average molecular weight is 536 g/mol. The van der Waals surface area contributed by atoms with E-state index < -0.39 is 33.6 Å². The Morgan fingerprint density at radius 1 is 1.00 bits per heavy atom. The van der Waals surface area contributed by atoms with E-state index in [0.717, 1.165) is 42.7 Å². The molecule has 0 spiro atoms. The molecule has 0 radical (unpaired) electrons. The number of hydrogen-bond acceptors (Lipinski definition) is 4. The normalized spacial score (nSPS) is 15.1. The summed E-state index contributed by atoms with van der Waals surface area (Å²) >= 11 is 0. The third-order valence-electron chi connectivity index (χ3n) is 6.69. The van der Waals surface area contributed by atoms with Crippen LogP contribution in [-0.4, -0.2) is 50.0 Å². The van der Waals surface area contributed by atoms with Crippen molar-refractivity contribution in [3.8, 4) is 0 Å². The van der Waals surface area contributed by atoms with E-state index in [9.17, 15) is 26.8 Å². The number of carbonyl (C=O) groups excluding carboxylic acids is 2. The van der Waals surface area contributed by atoms with Gasteiger partial charge in [-0.15, -0.1) is 0 Å². The quantitative estimate of drug-likeness (QED) is 0.463. The summed E-state index contributed by atoms with van der Waals surface area (Å²) in [5.74, 6) is -1.89. The van der Waals surface area contributed by atoms with Gasteiger partial charge in [0, 0.05) is 31.1 Å². The van der Waals surface area contributed by atoms with Crippen LogP contribution in [0.15, 0.2) is 48.5 Å². The van der Waals surface area contributed by atoms with Crippen LogP contribution in [0.2, 0.25) is 0 Å². The van der Waals surface area contributed by atoms with Crippen molar-refractivity contribution in [1.29, 1.82) is 0 Å². The molecule has 7 nitrogen and oxygen atoms in total. The zero-order chi connectivity index (χ0) is 27.0. The number of rotatable bonds is 11. The van der Waals surface area contributed by atoms with Gasteiger partial charge in [0.1, 0.15) is 17.7 Å². The second kappa shape index (κ2) is 13.0. The lowest BCUT2D eigenvalue weighted by Crippen LogP contribution is -2.50. The first-order valence-corrected chi connectivity index (χ1v) is 14.5. The second-order valence-electron chi connectivity index (χ2n) is 9.52. The van der Waals surface area contributed by atoms with E-state index in [2.05, 4.69) is 5.32 Å². The SMILES string of the molecule is C[C@H](C(=O)NC1CCCCC1)N(Cc1ccccc1F)C(=O)CCCN(c1ccccc1F)S(C)(=O)=O. The maximum Gasteiger partial charge on any atom is 0.242 e. The van der Waals surface area contributed by atoms with E-state index in [-0.39, 0.29) is 49.1 Å². The summed E-state index contributed by atoms with van der Waals surface area (Å²) in [5.41, 5.74) is 0.179. The molecular weight excluding hydrogens is 500 g/mol. The lowest BCUT2D eigenvalue weighted by Gasteiger charge is -2.31. The van der Waals surface area contributed by atoms with Gasteiger partial charge in [-0.1, -0.05) is 49.6 Å². The summed E-state index contributed by atoms with van der Waals surface area (Å²) in [6, 6.07) is 10.8. The van der Waals surface area contributed by atoms with E-state index in [0.29, 0.717) is 0 Å². The highest BCUT2D eigenvalue weighted by atomic mass is 32.2. The third-order valence-corrected chi connectivity index (χ3v) is 7.87. The molecule has 0 saturated heterocycles. The first-order chi connectivity index (χ1) is 17.6. The fraction of sp³-hybridized carbons (Fsp3) is 0.481. The van der Waals surface area contributed by atoms with Gasteiger partial charge < -0.3 is 10.2 Å². The molecule has 3 rings (SSSR count). The molecule has 1 atom stereocenters. The topological polar surface area (TPSA) is 86.8 Å². The van der Waals surface area contributed by atoms with Crippen LogP contribution in [0.1, 0.15) is 57.4 Å². The number of halogens is 2. The molecule has 2 amide bonds. The Hall–Kier alpha value is -3.01. The van der Waals surface area contributed by atoms with Gasteiger partial charge in [0.15, 0.2) is 0 Å². The summed E-state index contributed by atoms with van der Waals surface area (Å²) in [5, 5.41) is 3.02. The molecule has 2 aromatic carbocycles. The Kier molecular flexibility index (Phi) is 10.0. The van der Waals surface area contributed by atoms with E-state index >= 15 is 0 Å². The molecule has 0 unspecified atom stereocenters. The molecule has 0 bridgehead atoms. The van der Waals surface area contributed by atoms with Crippen LogP contribution in [0.5, 0.6) is 0 Å². The van der Waals surface area contributed by atoms with Gasteiger partial charge >= 0.3 is 0 Å². The maximum atomic E-state index is 14.4. The Labute approximate surface area is 217 Å². The van der Waals surface area contributed by atoms with Crippen LogP contribution >= 0.6 is 0 Å². The van der Waals surface area contributed by atoms with Crippen LogP contribution < -0.4 is 9.62 Å². The number of carbonyl (C=O) groups is 2. The number of para-hydroxylation sites is 1. The fourth-order valence-electron chi connectivity index (χ4n) is 4.60. The Morgan fingerprint density at radius 3 is 2.24 bits per heavy atom. The molecule has 1 saturated carbocycles. The van der Waals surface area contributed by atoms with Crippen LogP contribution in [0.4, 0.5) is 14.5 Å². The van der Waals surface area contributed by atoms with E-state index in [1.807, 2.05) is 0 Å². The van der Waals surface area contributed by atoms with Gasteiger partial charge in [-0.25, -0.2) is 17.2 Å². The molecule has 0 aliphatic heterocycles. The average Bonchev–Trinajstić information content (AvgIpc) is 2.86. The van der Waals surface area contributed by atoms with Gasteiger partial charge in [-0.05, 0) is 44.4 Å². The van der Waals surface area contributed by atoms with Gasteiger partial charge in [0.2, 0.25) is 21.8 Å². The molecular formula is C27H35F2N3O4S. The Balaban J connectivity index is 1.73. The fourth-order valence-corrected chi connectivity index (χ4v) is 5.56. The van der Waals surface area contributed by atoms with Crippen molar-refractivity contribution in [1.82, 2.24) is 10.2 Å². The maximum absolute atomic E-state index is 14.4. The first-order valence-electron chi connectivity index (χ1n) is 12.6. The van der Waals surface area contributed by atoms with Gasteiger partial charge in [-0.2, -0.15) is 0 Å². The smallest absolute Gasteiger partial charge is 0.242 e. The number of benzene rings is 2. The van der Waals surface area contributed by atoms with Crippen molar-refractivity contribution in [3.63, 3.8) is 0 Å². The zero-order valence-corrected chi connectivity index (χ0v) is 22.1. The molecule has 1 fully saturated rings. The number of anilines is 1. The van der Waals surface area contributed by atoms with Crippen LogP contribution in [-0.2, 0) is 26.2 Å². The van der Waals surface area contributed by atoms with Crippen molar-refractivity contribution >= 4 is 27.5 Å². The van der Waals surface area contributed by atoms with Crippen molar-refractivity contribution in [2.75, 3.05) is 17.1 Å². The molecule has 37 heavy (non-hydrogen) atoms. The molecule has 1 N–H and O–H groups in total. The molecule has 1 aliphatic rings. The first kappa shape index (κ1) is 28.6. The number of sulfonamides is 1. The highest BCUT2D eigenvalue weighted by Gasteiger charge is 2.29. The zero-order valence-electron chi connectivity index (χ0n) is 21.3. The van der Waals surface area contributed by atoms with Crippen LogP contribution in [0.3, 0.4) is 0 Å². The minimum Gasteiger partial charge on any atom is -0.352 e. The van der Waals surface area contributed by atoms with E-state index in [1.165, 1.54) is 35.2 Å². The number of nitrogens with zero attached hydrogens (tertiary/aromatic N) is 2. The number of amides is 2. The van der Waals surface area contributed by atoms with Gasteiger partial charge in [0.05, 0.1) is 11.9 Å². The van der Waals surface area contributed by atoms with Crippen molar-refractivity contribution < 1.29 is 26.8 Å². The summed E-state index contributed by atoms with van der Waals surface area (Å²) in [7, 11) is -3.80. The number of nitrogens with one attached hydrogen (secondary N) is 1. The summed E-state index contributed by atoms with van der Waals surface area (Å²) in [6.07, 6.45) is 5.95. The largest absolute Gasteiger partial charge is 0.352 e. The summed E-state index contributed by atoms with van der Waals surface area (Å²) in [4.78, 5) is 27.7. The number of hydrogen-bond donors (Lipinski definition) is 1. The summed E-state index contributed by atoms with van der Waals surface area (Å²) in [6.45, 7) is 1.38. The predicted molar refractivity (Wildman–Crippen MR) is 139 cm³/mol. The molecule has 0 aromatic heterocycles. The second-order valence-corrected chi connectivity index (χ2v) is 11.4. The third kappa shape index (κ3) is 7.99. The van der Waals surface area contributed by atoms with Crippen molar-refractivity contribution in [2.24, 2.45) is 0 Å². The lowest BCUT2D eigenvalue weighted by atomic mass is 9.95. The molecule has 202 valence electrons. The van der Waals surface area contributed by atoms with E-state index in [1.54, 1.807) is 25.1 Å². The minimum absolute atomic E-state index is 0.0539. The minimum atomic E-state index is -3.80. The lowest BCUT2D eigenvalue weighted by molar-refractivity contribution is -0.141. The van der Waals surface area contributed by atoms with Gasteiger partial charge in [0.25, 0.3) is 0 Å². The monoisotopic (exact) mass is 535 g/mol. The summed E-state index contributed by atoms with van der Waals surface area (Å²) < 4.78 is 54.3. The molecule has 1 aliphatic carbocycles. The Bertz CT molecular complexity index is 1190.